The average Bonchev–Trinajstić information content (AvgIpc) is 3.35. The molecule has 2 saturated heterocycles. The van der Waals surface area contributed by atoms with E-state index in [4.69, 9.17) is 21.6 Å². The number of hydrogen-bond donors (Lipinski definition) is 1. The third-order valence-electron chi connectivity index (χ3n) is 8.99. The van der Waals surface area contributed by atoms with Gasteiger partial charge in [-0.3, -0.25) is 9.89 Å². The summed E-state index contributed by atoms with van der Waals surface area (Å²) < 4.78 is 0. The van der Waals surface area contributed by atoms with Gasteiger partial charge in [0, 0.05) is 61.3 Å². The molecule has 0 spiro atoms. The van der Waals surface area contributed by atoms with E-state index in [9.17, 15) is 4.79 Å². The first-order valence-electron chi connectivity index (χ1n) is 13.8. The summed E-state index contributed by atoms with van der Waals surface area (Å²) in [6, 6.07) is 2.49. The van der Waals surface area contributed by atoms with Gasteiger partial charge in [-0.2, -0.15) is 10.1 Å². The molecule has 0 radical (unpaired) electrons. The second kappa shape index (κ2) is 10.1. The van der Waals surface area contributed by atoms with Gasteiger partial charge in [0.25, 0.3) is 0 Å². The van der Waals surface area contributed by atoms with Crippen molar-refractivity contribution in [1.29, 1.82) is 0 Å². The highest BCUT2D eigenvalue weighted by molar-refractivity contribution is 6.32. The van der Waals surface area contributed by atoms with Crippen molar-refractivity contribution < 1.29 is 4.79 Å². The van der Waals surface area contributed by atoms with E-state index in [1.165, 1.54) is 17.2 Å². The molecular weight excluding hydrogens is 512 g/mol. The number of H-pyrrole nitrogens is 1. The van der Waals surface area contributed by atoms with Gasteiger partial charge in [0.05, 0.1) is 17.4 Å². The zero-order valence-corrected chi connectivity index (χ0v) is 24.0. The molecule has 3 aromatic rings. The molecule has 1 aromatic carbocycles. The zero-order chi connectivity index (χ0) is 27.4. The first kappa shape index (κ1) is 26.1. The fraction of sp³-hybridized carbons (Fsp3) is 0.517. The molecule has 10 heteroatoms. The Morgan fingerprint density at radius 2 is 1.90 bits per heavy atom. The monoisotopic (exact) mass is 548 g/mol. The van der Waals surface area contributed by atoms with Crippen LogP contribution in [0.3, 0.4) is 0 Å². The number of likely N-dealkylation sites (N-methyl/N-ethyl adjacent to an activating group) is 1. The van der Waals surface area contributed by atoms with Crippen LogP contribution in [0.15, 0.2) is 24.9 Å². The van der Waals surface area contributed by atoms with E-state index in [-0.39, 0.29) is 11.8 Å². The second-order valence-electron chi connectivity index (χ2n) is 11.5. The molecule has 2 fully saturated rings. The number of halogens is 1. The lowest BCUT2D eigenvalue weighted by atomic mass is 9.73. The number of carbonyl (C=O) groups is 1. The number of nitrogens with one attached hydrogen (secondary N) is 1. The lowest BCUT2D eigenvalue weighted by Crippen LogP contribution is -2.58. The average molecular weight is 549 g/mol. The Bertz CT molecular complexity index is 1420. The molecule has 1 amide bonds. The number of carbonyl (C=O) groups excluding carboxylic acids is 1. The molecule has 9 nitrogen and oxygen atoms in total. The van der Waals surface area contributed by atoms with Gasteiger partial charge in [0.1, 0.15) is 5.82 Å². The molecule has 2 aliphatic heterocycles. The third kappa shape index (κ3) is 4.55. The van der Waals surface area contributed by atoms with E-state index in [1.807, 2.05) is 17.2 Å². The third-order valence-corrected chi connectivity index (χ3v) is 9.38. The Kier molecular flexibility index (Phi) is 6.75. The van der Waals surface area contributed by atoms with E-state index in [0.29, 0.717) is 25.0 Å². The van der Waals surface area contributed by atoms with Gasteiger partial charge in [-0.25, -0.2) is 4.98 Å². The van der Waals surface area contributed by atoms with Crippen LogP contribution in [-0.4, -0.2) is 95.3 Å². The summed E-state index contributed by atoms with van der Waals surface area (Å²) in [4.78, 5) is 31.4. The first-order valence-corrected chi connectivity index (χ1v) is 14.2. The fourth-order valence-corrected chi connectivity index (χ4v) is 6.63. The standard InChI is InChI=1S/C29H37ClN8O/c1-6-26(39)36-7-9-37(10-8-36)28-21-11-17(2)20(27-18(3)23(30)13-25-22(27)14-31-34-25)12-24(21)32-29(33-28)38-15-19(16-38)35(4)5/h6,13-14,17,19-20H,1,7-12,15-16H2,2-5H3,(H,31,34)/t17-,20?/m1/s1. The molecule has 206 valence electrons. The molecule has 6 rings (SSSR count). The van der Waals surface area contributed by atoms with Crippen LogP contribution in [0, 0.1) is 12.8 Å². The van der Waals surface area contributed by atoms with Gasteiger partial charge >= 0.3 is 0 Å². The van der Waals surface area contributed by atoms with Crippen molar-refractivity contribution in [2.24, 2.45) is 5.92 Å². The van der Waals surface area contributed by atoms with E-state index >= 15 is 0 Å². The van der Waals surface area contributed by atoms with Crippen LogP contribution in [0.5, 0.6) is 0 Å². The highest BCUT2D eigenvalue weighted by atomic mass is 35.5. The lowest BCUT2D eigenvalue weighted by molar-refractivity contribution is -0.126. The van der Waals surface area contributed by atoms with Crippen LogP contribution < -0.4 is 9.80 Å². The maximum Gasteiger partial charge on any atom is 0.246 e. The Balaban J connectivity index is 1.38. The molecular formula is C29H37ClN8O. The number of fused-ring (bicyclic) bond motifs is 2. The van der Waals surface area contributed by atoms with Crippen LogP contribution >= 0.6 is 11.6 Å². The van der Waals surface area contributed by atoms with E-state index in [2.05, 4.69) is 59.4 Å². The molecule has 2 atom stereocenters. The predicted octanol–water partition coefficient (Wildman–Crippen LogP) is 3.42. The molecule has 2 aromatic heterocycles. The summed E-state index contributed by atoms with van der Waals surface area (Å²) in [5.74, 6) is 2.51. The number of amides is 1. The van der Waals surface area contributed by atoms with Gasteiger partial charge in [-0.1, -0.05) is 25.1 Å². The van der Waals surface area contributed by atoms with Crippen LogP contribution in [0.4, 0.5) is 11.8 Å². The number of aromatic nitrogens is 4. The molecule has 1 unspecified atom stereocenters. The van der Waals surface area contributed by atoms with Crippen LogP contribution in [0.25, 0.3) is 10.9 Å². The SMILES string of the molecule is C=CC(=O)N1CCN(c2nc(N3CC(N(C)C)C3)nc3c2C[C@@H](C)C(c2c(C)c(Cl)cc4[nH]ncc24)C3)CC1. The van der Waals surface area contributed by atoms with Crippen molar-refractivity contribution in [2.75, 3.05) is 63.2 Å². The molecule has 39 heavy (non-hydrogen) atoms. The van der Waals surface area contributed by atoms with Crippen molar-refractivity contribution in [1.82, 2.24) is 30.0 Å². The highest BCUT2D eigenvalue weighted by Gasteiger charge is 2.37. The number of rotatable bonds is 5. The van der Waals surface area contributed by atoms with Crippen molar-refractivity contribution in [3.8, 4) is 0 Å². The van der Waals surface area contributed by atoms with Crippen LogP contribution in [0.2, 0.25) is 5.02 Å². The minimum atomic E-state index is -0.00530. The Hall–Kier alpha value is -3.17. The molecule has 1 aliphatic carbocycles. The summed E-state index contributed by atoms with van der Waals surface area (Å²) in [5.41, 5.74) is 5.76. The van der Waals surface area contributed by atoms with Crippen molar-refractivity contribution in [3.63, 3.8) is 0 Å². The van der Waals surface area contributed by atoms with Crippen LogP contribution in [-0.2, 0) is 17.6 Å². The largest absolute Gasteiger partial charge is 0.353 e. The highest BCUT2D eigenvalue weighted by Crippen LogP contribution is 2.44. The smallest absolute Gasteiger partial charge is 0.246 e. The first-order chi connectivity index (χ1) is 18.7. The molecule has 1 N–H and O–H groups in total. The molecule has 0 bridgehead atoms. The van der Waals surface area contributed by atoms with Crippen molar-refractivity contribution in [3.05, 3.63) is 52.3 Å². The minimum Gasteiger partial charge on any atom is -0.353 e. The summed E-state index contributed by atoms with van der Waals surface area (Å²) in [7, 11) is 4.25. The second-order valence-corrected chi connectivity index (χ2v) is 11.9. The summed E-state index contributed by atoms with van der Waals surface area (Å²) in [6.45, 7) is 12.8. The van der Waals surface area contributed by atoms with E-state index in [0.717, 1.165) is 78.0 Å². The maximum atomic E-state index is 12.2. The summed E-state index contributed by atoms with van der Waals surface area (Å²) in [5, 5.41) is 9.35. The molecule has 0 saturated carbocycles. The van der Waals surface area contributed by atoms with Gasteiger partial charge in [-0.05, 0) is 69.0 Å². The van der Waals surface area contributed by atoms with E-state index in [1.54, 1.807) is 0 Å². The minimum absolute atomic E-state index is 0.00530. The van der Waals surface area contributed by atoms with Gasteiger partial charge in [0.2, 0.25) is 11.9 Å². The summed E-state index contributed by atoms with van der Waals surface area (Å²) in [6.07, 6.45) is 5.06. The molecule has 4 heterocycles. The Morgan fingerprint density at radius 1 is 1.15 bits per heavy atom. The quantitative estimate of drug-likeness (QED) is 0.489. The normalized spacial score (nSPS) is 21.8. The van der Waals surface area contributed by atoms with Gasteiger partial charge < -0.3 is 19.6 Å². The maximum absolute atomic E-state index is 12.2. The van der Waals surface area contributed by atoms with E-state index < -0.39 is 0 Å². The zero-order valence-electron chi connectivity index (χ0n) is 23.2. The van der Waals surface area contributed by atoms with Gasteiger partial charge in [0.15, 0.2) is 0 Å². The molecule has 3 aliphatic rings. The van der Waals surface area contributed by atoms with Gasteiger partial charge in [-0.15, -0.1) is 0 Å². The number of anilines is 2. The number of piperazine rings is 1. The number of benzene rings is 1. The van der Waals surface area contributed by atoms with Crippen LogP contribution in [0.1, 0.15) is 35.2 Å². The lowest BCUT2D eigenvalue weighted by Gasteiger charge is -2.44. The number of hydrogen-bond acceptors (Lipinski definition) is 7. The number of aromatic amines is 1. The predicted molar refractivity (Wildman–Crippen MR) is 156 cm³/mol. The van der Waals surface area contributed by atoms with Crippen molar-refractivity contribution >= 4 is 40.2 Å². The van der Waals surface area contributed by atoms with Crippen molar-refractivity contribution in [2.45, 2.75) is 38.6 Å². The fourth-order valence-electron chi connectivity index (χ4n) is 6.42. The Morgan fingerprint density at radius 3 is 2.59 bits per heavy atom. The number of nitrogens with zero attached hydrogens (tertiary/aromatic N) is 7. The Labute approximate surface area is 234 Å². The summed E-state index contributed by atoms with van der Waals surface area (Å²) >= 11 is 6.70. The topological polar surface area (TPSA) is 84.5 Å².